The molecule has 18 heavy (non-hydrogen) atoms. The molecule has 98 valence electrons. The zero-order chi connectivity index (χ0) is 13.0. The van der Waals surface area contributed by atoms with Crippen molar-refractivity contribution in [3.05, 3.63) is 36.2 Å². The average Bonchev–Trinajstić information content (AvgIpc) is 2.93. The number of imidazole rings is 1. The van der Waals surface area contributed by atoms with E-state index in [9.17, 15) is 0 Å². The van der Waals surface area contributed by atoms with Crippen LogP contribution in [-0.4, -0.2) is 25.4 Å². The van der Waals surface area contributed by atoms with E-state index < -0.39 is 0 Å². The molecular weight excluding hydrogens is 226 g/mol. The van der Waals surface area contributed by atoms with Gasteiger partial charge in [-0.2, -0.15) is 5.10 Å². The quantitative estimate of drug-likeness (QED) is 0.838. The summed E-state index contributed by atoms with van der Waals surface area (Å²) < 4.78 is 4.04. The zero-order valence-corrected chi connectivity index (χ0v) is 11.3. The minimum atomic E-state index is 0.490. The summed E-state index contributed by atoms with van der Waals surface area (Å²) in [5, 5.41) is 7.53. The van der Waals surface area contributed by atoms with E-state index in [1.54, 1.807) is 0 Å². The van der Waals surface area contributed by atoms with Crippen molar-refractivity contribution < 1.29 is 0 Å². The summed E-state index contributed by atoms with van der Waals surface area (Å²) in [4.78, 5) is 4.39. The summed E-state index contributed by atoms with van der Waals surface area (Å²) in [5.74, 6) is 0. The normalized spacial score (nSPS) is 11.3. The Hall–Kier alpha value is -1.62. The summed E-state index contributed by atoms with van der Waals surface area (Å²) in [6.07, 6.45) is 6.81. The van der Waals surface area contributed by atoms with Crippen molar-refractivity contribution >= 4 is 0 Å². The van der Waals surface area contributed by atoms with Gasteiger partial charge in [-0.25, -0.2) is 4.98 Å². The second-order valence-corrected chi connectivity index (χ2v) is 4.83. The number of hydrogen-bond acceptors (Lipinski definition) is 3. The van der Waals surface area contributed by atoms with Crippen LogP contribution >= 0.6 is 0 Å². The van der Waals surface area contributed by atoms with Gasteiger partial charge in [0.25, 0.3) is 0 Å². The van der Waals surface area contributed by atoms with Crippen molar-refractivity contribution in [3.8, 4) is 0 Å². The molecule has 0 amide bonds. The van der Waals surface area contributed by atoms with Gasteiger partial charge >= 0.3 is 0 Å². The fourth-order valence-electron chi connectivity index (χ4n) is 1.82. The fourth-order valence-corrected chi connectivity index (χ4v) is 1.82. The lowest BCUT2D eigenvalue weighted by molar-refractivity contribution is 0.581. The van der Waals surface area contributed by atoms with E-state index in [1.807, 2.05) is 24.3 Å². The van der Waals surface area contributed by atoms with E-state index in [4.69, 9.17) is 0 Å². The van der Waals surface area contributed by atoms with E-state index in [1.165, 1.54) is 5.69 Å². The SMILES string of the molecule is CC(C)NCc1cn(CCc2ccnn2C)cn1. The molecule has 0 bridgehead atoms. The highest BCUT2D eigenvalue weighted by atomic mass is 15.3. The van der Waals surface area contributed by atoms with E-state index in [0.29, 0.717) is 6.04 Å². The van der Waals surface area contributed by atoms with Crippen molar-refractivity contribution in [2.24, 2.45) is 7.05 Å². The Morgan fingerprint density at radius 3 is 2.89 bits per heavy atom. The molecule has 2 aromatic heterocycles. The molecule has 2 heterocycles. The fraction of sp³-hybridized carbons (Fsp3) is 0.538. The third-order valence-corrected chi connectivity index (χ3v) is 2.93. The van der Waals surface area contributed by atoms with Gasteiger partial charge in [-0.15, -0.1) is 0 Å². The standard InChI is InChI=1S/C13H21N5/c1-11(2)14-8-12-9-18(10-15-12)7-5-13-4-6-16-17(13)3/h4,6,9-11,14H,5,7-8H2,1-3H3. The maximum absolute atomic E-state index is 4.39. The number of aromatic nitrogens is 4. The number of aryl methyl sites for hydroxylation is 3. The van der Waals surface area contributed by atoms with Crippen LogP contribution in [0.4, 0.5) is 0 Å². The molecule has 2 rings (SSSR count). The van der Waals surface area contributed by atoms with Gasteiger partial charge in [0.05, 0.1) is 12.0 Å². The van der Waals surface area contributed by atoms with Crippen LogP contribution in [0.2, 0.25) is 0 Å². The molecule has 0 saturated heterocycles. The predicted molar refractivity (Wildman–Crippen MR) is 71.1 cm³/mol. The molecule has 0 saturated carbocycles. The summed E-state index contributed by atoms with van der Waals surface area (Å²) in [6, 6.07) is 2.54. The molecule has 0 aliphatic carbocycles. The summed E-state index contributed by atoms with van der Waals surface area (Å²) in [5.41, 5.74) is 2.33. The lowest BCUT2D eigenvalue weighted by atomic mass is 10.3. The van der Waals surface area contributed by atoms with Crippen LogP contribution < -0.4 is 5.32 Å². The molecule has 0 aliphatic heterocycles. The Bertz CT molecular complexity index is 483. The smallest absolute Gasteiger partial charge is 0.0950 e. The number of hydrogen-bond donors (Lipinski definition) is 1. The molecule has 0 fully saturated rings. The van der Waals surface area contributed by atoms with Crippen molar-refractivity contribution in [1.82, 2.24) is 24.6 Å². The van der Waals surface area contributed by atoms with E-state index in [-0.39, 0.29) is 0 Å². The monoisotopic (exact) mass is 247 g/mol. The Labute approximate surface area is 108 Å². The van der Waals surface area contributed by atoms with Crippen LogP contribution in [0.25, 0.3) is 0 Å². The molecular formula is C13H21N5. The van der Waals surface area contributed by atoms with Crippen LogP contribution in [0.1, 0.15) is 25.2 Å². The lowest BCUT2D eigenvalue weighted by Gasteiger charge is -2.05. The van der Waals surface area contributed by atoms with E-state index in [2.05, 4.69) is 46.1 Å². The number of nitrogens with one attached hydrogen (secondary N) is 1. The van der Waals surface area contributed by atoms with Gasteiger partial charge in [0.2, 0.25) is 0 Å². The van der Waals surface area contributed by atoms with Crippen LogP contribution in [0.15, 0.2) is 24.8 Å². The van der Waals surface area contributed by atoms with Crippen LogP contribution in [-0.2, 0) is 26.6 Å². The highest BCUT2D eigenvalue weighted by molar-refractivity contribution is 5.01. The van der Waals surface area contributed by atoms with Gasteiger partial charge in [0, 0.05) is 50.7 Å². The maximum atomic E-state index is 4.39. The third kappa shape index (κ3) is 3.43. The first-order valence-electron chi connectivity index (χ1n) is 6.36. The second kappa shape index (κ2) is 5.82. The van der Waals surface area contributed by atoms with Gasteiger partial charge < -0.3 is 9.88 Å². The molecule has 5 nitrogen and oxygen atoms in total. The van der Waals surface area contributed by atoms with Crippen LogP contribution in [0, 0.1) is 0 Å². The van der Waals surface area contributed by atoms with E-state index >= 15 is 0 Å². The van der Waals surface area contributed by atoms with Gasteiger partial charge in [-0.05, 0) is 6.07 Å². The van der Waals surface area contributed by atoms with Crippen LogP contribution in [0.5, 0.6) is 0 Å². The van der Waals surface area contributed by atoms with Gasteiger partial charge in [0.1, 0.15) is 0 Å². The minimum Gasteiger partial charge on any atom is -0.337 e. The van der Waals surface area contributed by atoms with Gasteiger partial charge in [-0.1, -0.05) is 13.8 Å². The number of nitrogens with zero attached hydrogens (tertiary/aromatic N) is 4. The minimum absolute atomic E-state index is 0.490. The average molecular weight is 247 g/mol. The van der Waals surface area contributed by atoms with Crippen molar-refractivity contribution in [3.63, 3.8) is 0 Å². The predicted octanol–water partition coefficient (Wildman–Crippen LogP) is 1.36. The molecule has 2 aromatic rings. The topological polar surface area (TPSA) is 47.7 Å². The number of rotatable bonds is 6. The Balaban J connectivity index is 1.85. The summed E-state index contributed by atoms with van der Waals surface area (Å²) in [6.45, 7) is 6.05. The molecule has 0 unspecified atom stereocenters. The lowest BCUT2D eigenvalue weighted by Crippen LogP contribution is -2.21. The van der Waals surface area contributed by atoms with Gasteiger partial charge in [0.15, 0.2) is 0 Å². The molecule has 0 radical (unpaired) electrons. The third-order valence-electron chi connectivity index (χ3n) is 2.93. The first kappa shape index (κ1) is 12.8. The largest absolute Gasteiger partial charge is 0.337 e. The molecule has 0 aromatic carbocycles. The van der Waals surface area contributed by atoms with Crippen molar-refractivity contribution in [1.29, 1.82) is 0 Å². The molecule has 0 aliphatic rings. The van der Waals surface area contributed by atoms with Crippen LogP contribution in [0.3, 0.4) is 0 Å². The molecule has 0 atom stereocenters. The molecule has 5 heteroatoms. The Morgan fingerprint density at radius 2 is 2.22 bits per heavy atom. The molecule has 0 spiro atoms. The van der Waals surface area contributed by atoms with Gasteiger partial charge in [-0.3, -0.25) is 4.68 Å². The zero-order valence-electron chi connectivity index (χ0n) is 11.3. The first-order chi connectivity index (χ1) is 8.65. The maximum Gasteiger partial charge on any atom is 0.0950 e. The molecule has 1 N–H and O–H groups in total. The van der Waals surface area contributed by atoms with Crippen molar-refractivity contribution in [2.75, 3.05) is 0 Å². The summed E-state index contributed by atoms with van der Waals surface area (Å²) in [7, 11) is 1.97. The highest BCUT2D eigenvalue weighted by Gasteiger charge is 2.02. The highest BCUT2D eigenvalue weighted by Crippen LogP contribution is 2.02. The van der Waals surface area contributed by atoms with E-state index in [0.717, 1.165) is 25.2 Å². The Kier molecular flexibility index (Phi) is 4.15. The van der Waals surface area contributed by atoms with Crippen molar-refractivity contribution in [2.45, 2.75) is 39.4 Å². The Morgan fingerprint density at radius 1 is 1.39 bits per heavy atom. The summed E-state index contributed by atoms with van der Waals surface area (Å²) >= 11 is 0. The second-order valence-electron chi connectivity index (χ2n) is 4.83. The first-order valence-corrected chi connectivity index (χ1v) is 6.36.